The third kappa shape index (κ3) is 4.38. The van der Waals surface area contributed by atoms with Gasteiger partial charge in [0.05, 0.1) is 34.7 Å². The van der Waals surface area contributed by atoms with Gasteiger partial charge in [0.15, 0.2) is 0 Å². The van der Waals surface area contributed by atoms with Crippen LogP contribution in [0.4, 0.5) is 4.79 Å². The molecule has 2 fully saturated rings. The number of hydrogen-bond donors (Lipinski definition) is 1. The van der Waals surface area contributed by atoms with Gasteiger partial charge in [0, 0.05) is 6.61 Å². The van der Waals surface area contributed by atoms with Crippen molar-refractivity contribution >= 4 is 33.9 Å². The van der Waals surface area contributed by atoms with Gasteiger partial charge in [0.1, 0.15) is 10.4 Å². The van der Waals surface area contributed by atoms with Crippen LogP contribution >= 0.6 is 11.3 Å². The molecule has 2 aromatic heterocycles. The van der Waals surface area contributed by atoms with Crippen molar-refractivity contribution in [3.05, 3.63) is 31.3 Å². The molecule has 4 rings (SSSR count). The highest BCUT2D eigenvalue weighted by Gasteiger charge is 2.43. The average molecular weight is 463 g/mol. The number of amides is 1. The zero-order chi connectivity index (χ0) is 23.3. The Morgan fingerprint density at radius 1 is 1.38 bits per heavy atom. The molecule has 32 heavy (non-hydrogen) atoms. The zero-order valence-corrected chi connectivity index (χ0v) is 20.0. The summed E-state index contributed by atoms with van der Waals surface area (Å²) in [5.41, 5.74) is 1.48. The van der Waals surface area contributed by atoms with Crippen molar-refractivity contribution in [3.8, 4) is 0 Å². The molecule has 2 aromatic rings. The molecular weight excluding hydrogens is 432 g/mol. The van der Waals surface area contributed by atoms with Gasteiger partial charge in [-0.25, -0.2) is 15.0 Å². The van der Waals surface area contributed by atoms with Gasteiger partial charge in [0.25, 0.3) is 5.56 Å². The molecule has 1 saturated heterocycles. The number of ether oxygens (including phenoxy) is 2. The van der Waals surface area contributed by atoms with Crippen LogP contribution in [0.3, 0.4) is 0 Å². The maximum absolute atomic E-state index is 13.4. The quantitative estimate of drug-likeness (QED) is 0.543. The Balaban J connectivity index is 1.75. The van der Waals surface area contributed by atoms with E-state index in [4.69, 9.17) is 9.47 Å². The van der Waals surface area contributed by atoms with E-state index in [-0.39, 0.29) is 17.4 Å². The molecule has 9 nitrogen and oxygen atoms in total. The smallest absolute Gasteiger partial charge is 0.428 e. The number of nitrogens with one attached hydrogen (secondary N) is 1. The highest BCUT2D eigenvalue weighted by atomic mass is 32.1. The van der Waals surface area contributed by atoms with E-state index in [0.717, 1.165) is 31.2 Å². The summed E-state index contributed by atoms with van der Waals surface area (Å²) in [4.78, 5) is 40.0. The maximum atomic E-state index is 13.4. The van der Waals surface area contributed by atoms with Gasteiger partial charge in [-0.1, -0.05) is 0 Å². The zero-order valence-electron chi connectivity index (χ0n) is 19.2. The van der Waals surface area contributed by atoms with Crippen LogP contribution in [-0.4, -0.2) is 39.8 Å². The summed E-state index contributed by atoms with van der Waals surface area (Å²) in [6, 6.07) is 0. The van der Waals surface area contributed by atoms with Gasteiger partial charge in [-0.2, -0.15) is 5.10 Å². The summed E-state index contributed by atoms with van der Waals surface area (Å²) in [5.74, 6) is 0. The van der Waals surface area contributed by atoms with E-state index in [1.54, 1.807) is 25.3 Å². The van der Waals surface area contributed by atoms with Crippen LogP contribution in [0.2, 0.25) is 0 Å². The second-order valence-corrected chi connectivity index (χ2v) is 10.8. The van der Waals surface area contributed by atoms with Crippen LogP contribution < -0.4 is 16.7 Å². The number of hydrogen-bond acceptors (Lipinski definition) is 7. The molecule has 0 spiro atoms. The molecule has 0 radical (unpaired) electrons. The molecular formula is C22H30N4O5S. The van der Waals surface area contributed by atoms with Crippen molar-refractivity contribution in [2.24, 2.45) is 5.10 Å². The van der Waals surface area contributed by atoms with Gasteiger partial charge < -0.3 is 9.47 Å². The molecule has 1 amide bonds. The number of carbonyl (C=O) groups excluding carboxylic acids is 1. The van der Waals surface area contributed by atoms with Crippen molar-refractivity contribution in [1.82, 2.24) is 14.6 Å². The van der Waals surface area contributed by atoms with Gasteiger partial charge in [-0.15, -0.1) is 11.3 Å². The Labute approximate surface area is 190 Å². The van der Waals surface area contributed by atoms with E-state index in [2.05, 4.69) is 10.5 Å². The van der Waals surface area contributed by atoms with Crippen molar-refractivity contribution < 1.29 is 14.3 Å². The first-order valence-electron chi connectivity index (χ1n) is 10.9. The summed E-state index contributed by atoms with van der Waals surface area (Å²) >= 11 is 1.32. The highest BCUT2D eigenvalue weighted by Crippen LogP contribution is 2.41. The van der Waals surface area contributed by atoms with E-state index in [0.29, 0.717) is 28.2 Å². The fraction of sp³-hybridized carbons (Fsp3) is 0.636. The minimum atomic E-state index is -0.660. The number of aromatic nitrogens is 2. The normalized spacial score (nSPS) is 20.2. The van der Waals surface area contributed by atoms with Crippen LogP contribution in [0.15, 0.2) is 14.7 Å². The first-order chi connectivity index (χ1) is 15.0. The lowest BCUT2D eigenvalue weighted by Crippen LogP contribution is -2.45. The number of carbonyl (C=O) groups is 1. The highest BCUT2D eigenvalue weighted by molar-refractivity contribution is 7.20. The van der Waals surface area contributed by atoms with E-state index in [1.165, 1.54) is 22.1 Å². The molecule has 1 aliphatic heterocycles. The molecule has 174 valence electrons. The summed E-state index contributed by atoms with van der Waals surface area (Å²) in [6.07, 6.45) is 4.28. The lowest BCUT2D eigenvalue weighted by molar-refractivity contribution is 0.0529. The van der Waals surface area contributed by atoms with Crippen LogP contribution in [0.1, 0.15) is 63.8 Å². The van der Waals surface area contributed by atoms with Crippen molar-refractivity contribution in [2.45, 2.75) is 84.1 Å². The van der Waals surface area contributed by atoms with Crippen LogP contribution in [0.5, 0.6) is 0 Å². The van der Waals surface area contributed by atoms with Crippen molar-refractivity contribution in [3.63, 3.8) is 0 Å². The van der Waals surface area contributed by atoms with Gasteiger partial charge >= 0.3 is 11.8 Å². The maximum Gasteiger partial charge on any atom is 0.428 e. The molecule has 3 heterocycles. The van der Waals surface area contributed by atoms with Crippen molar-refractivity contribution in [1.29, 1.82) is 0 Å². The largest absolute Gasteiger partial charge is 0.443 e. The van der Waals surface area contributed by atoms with E-state index in [1.807, 2.05) is 13.8 Å². The fourth-order valence-corrected chi connectivity index (χ4v) is 5.14. The van der Waals surface area contributed by atoms with Crippen molar-refractivity contribution in [2.75, 3.05) is 6.61 Å². The number of aryl methyl sites for hydroxylation is 1. The van der Waals surface area contributed by atoms with Crippen LogP contribution in [0.25, 0.3) is 10.2 Å². The monoisotopic (exact) mass is 462 g/mol. The standard InChI is InChI=1S/C22H30N4O5S/c1-13-15(11-23-24-19(28)31-21(2,3)4)32-18-16(13)17(27)26(22(5)8-9-22)20(29)25(18)12-14-7-6-10-30-14/h11,14H,6-10,12H2,1-5H3,(H,24,28)/b23-11+/t14-/m0/s1. The third-order valence-corrected chi connectivity index (χ3v) is 7.16. The number of nitrogens with zero attached hydrogens (tertiary/aromatic N) is 3. The van der Waals surface area contributed by atoms with E-state index < -0.39 is 17.2 Å². The first kappa shape index (κ1) is 22.7. The molecule has 1 saturated carbocycles. The van der Waals surface area contributed by atoms with Crippen LogP contribution in [-0.2, 0) is 21.6 Å². The Bertz CT molecular complexity index is 1190. The molecule has 1 atom stereocenters. The molecule has 2 aliphatic rings. The molecule has 1 aliphatic carbocycles. The van der Waals surface area contributed by atoms with E-state index in [9.17, 15) is 14.4 Å². The van der Waals surface area contributed by atoms with Gasteiger partial charge in [0.2, 0.25) is 0 Å². The molecule has 0 unspecified atom stereocenters. The Morgan fingerprint density at radius 2 is 2.09 bits per heavy atom. The second-order valence-electron chi connectivity index (χ2n) is 9.81. The summed E-state index contributed by atoms with van der Waals surface area (Å²) < 4.78 is 14.1. The number of thiophene rings is 1. The SMILES string of the molecule is Cc1c(/C=N/NC(=O)OC(C)(C)C)sc2c1c(=O)n(C1(C)CC1)c(=O)n2C[C@@H]1CCCO1. The van der Waals surface area contributed by atoms with Crippen LogP contribution in [0, 0.1) is 6.92 Å². The number of fused-ring (bicyclic) bond motifs is 1. The number of hydrazone groups is 1. The Kier molecular flexibility index (Phi) is 5.79. The third-order valence-electron chi connectivity index (χ3n) is 5.91. The predicted molar refractivity (Wildman–Crippen MR) is 124 cm³/mol. The lowest BCUT2D eigenvalue weighted by atomic mass is 10.2. The average Bonchev–Trinajstić information content (AvgIpc) is 3.09. The second kappa shape index (κ2) is 8.15. The summed E-state index contributed by atoms with van der Waals surface area (Å²) in [6.45, 7) is 10.2. The fourth-order valence-electron chi connectivity index (χ4n) is 3.96. The Morgan fingerprint density at radius 3 is 2.69 bits per heavy atom. The molecule has 1 N–H and O–H groups in total. The number of rotatable bonds is 5. The molecule has 10 heteroatoms. The molecule has 0 bridgehead atoms. The van der Waals surface area contributed by atoms with Gasteiger partial charge in [-0.05, 0) is 65.9 Å². The molecule has 0 aromatic carbocycles. The minimum Gasteiger partial charge on any atom is -0.443 e. The summed E-state index contributed by atoms with van der Waals surface area (Å²) in [7, 11) is 0. The lowest BCUT2D eigenvalue weighted by Gasteiger charge is -2.18. The topological polar surface area (TPSA) is 104 Å². The first-order valence-corrected chi connectivity index (χ1v) is 11.7. The van der Waals surface area contributed by atoms with Gasteiger partial charge in [-0.3, -0.25) is 13.9 Å². The minimum absolute atomic E-state index is 0.0396. The Hall–Kier alpha value is -2.46. The predicted octanol–water partition coefficient (Wildman–Crippen LogP) is 3.08. The summed E-state index contributed by atoms with van der Waals surface area (Å²) in [5, 5.41) is 4.52. The van der Waals surface area contributed by atoms with E-state index >= 15 is 0 Å².